The quantitative estimate of drug-likeness (QED) is 0.734. The molecule has 3 aromatic rings. The van der Waals surface area contributed by atoms with Gasteiger partial charge in [0.1, 0.15) is 0 Å². The summed E-state index contributed by atoms with van der Waals surface area (Å²) in [6.07, 6.45) is 3.33. The van der Waals surface area contributed by atoms with Gasteiger partial charge in [-0.25, -0.2) is 0 Å². The molecule has 0 spiro atoms. The molecule has 0 radical (unpaired) electrons. The Morgan fingerprint density at radius 1 is 1.04 bits per heavy atom. The van der Waals surface area contributed by atoms with E-state index in [4.69, 9.17) is 0 Å². The van der Waals surface area contributed by atoms with Crippen molar-refractivity contribution in [3.8, 4) is 0 Å². The zero-order valence-electron chi connectivity index (χ0n) is 13.4. The van der Waals surface area contributed by atoms with Gasteiger partial charge in [-0.05, 0) is 30.7 Å². The second-order valence-electron chi connectivity index (χ2n) is 5.28. The normalized spacial score (nSPS) is 10.3. The lowest BCUT2D eigenvalue weighted by Crippen LogP contribution is -2.22. The molecule has 126 valence electrons. The molecule has 3 rings (SSSR count). The summed E-state index contributed by atoms with van der Waals surface area (Å²) in [6.45, 7) is 2.30. The first-order valence-electron chi connectivity index (χ1n) is 7.50. The van der Waals surface area contributed by atoms with Gasteiger partial charge < -0.3 is 10.6 Å². The Balaban J connectivity index is 1.60. The predicted molar refractivity (Wildman–Crippen MR) is 94.4 cm³/mol. The Bertz CT molecular complexity index is 878. The van der Waals surface area contributed by atoms with Crippen molar-refractivity contribution in [2.75, 3.05) is 5.32 Å². The van der Waals surface area contributed by atoms with Crippen molar-refractivity contribution in [2.24, 2.45) is 0 Å². The van der Waals surface area contributed by atoms with E-state index >= 15 is 0 Å². The first kappa shape index (κ1) is 16.7. The number of aryl methyl sites for hydroxylation is 1. The van der Waals surface area contributed by atoms with Crippen LogP contribution in [-0.4, -0.2) is 27.0 Å². The molecule has 2 N–H and O–H groups in total. The molecule has 2 heterocycles. The highest BCUT2D eigenvalue weighted by molar-refractivity contribution is 7.15. The average Bonchev–Trinajstić information content (AvgIpc) is 3.13. The van der Waals surface area contributed by atoms with Crippen LogP contribution in [0.3, 0.4) is 0 Å². The van der Waals surface area contributed by atoms with Crippen LogP contribution in [0.4, 0.5) is 5.69 Å². The van der Waals surface area contributed by atoms with Crippen LogP contribution in [0.15, 0.2) is 48.8 Å². The third-order valence-electron chi connectivity index (χ3n) is 3.30. The number of hydrogen-bond acceptors (Lipinski definition) is 6. The molecule has 8 heteroatoms. The molecule has 0 aliphatic rings. The van der Waals surface area contributed by atoms with Crippen LogP contribution in [0.25, 0.3) is 0 Å². The van der Waals surface area contributed by atoms with Gasteiger partial charge in [-0.1, -0.05) is 35.1 Å². The fourth-order valence-corrected chi connectivity index (χ4v) is 2.64. The van der Waals surface area contributed by atoms with Gasteiger partial charge in [-0.3, -0.25) is 14.6 Å². The number of nitrogens with one attached hydrogen (secondary N) is 2. The molecule has 0 aliphatic heterocycles. The van der Waals surface area contributed by atoms with Gasteiger partial charge in [0, 0.05) is 24.6 Å². The first-order chi connectivity index (χ1) is 12.1. The fraction of sp³-hybridized carbons (Fsp3) is 0.118. The van der Waals surface area contributed by atoms with Crippen molar-refractivity contribution in [2.45, 2.75) is 13.5 Å². The molecule has 0 bridgehead atoms. The predicted octanol–water partition coefficient (Wildman–Crippen LogP) is 2.42. The molecule has 0 saturated heterocycles. The monoisotopic (exact) mass is 353 g/mol. The highest BCUT2D eigenvalue weighted by atomic mass is 32.1. The van der Waals surface area contributed by atoms with Crippen LogP contribution in [0.2, 0.25) is 0 Å². The van der Waals surface area contributed by atoms with Crippen LogP contribution in [0.1, 0.15) is 30.7 Å². The summed E-state index contributed by atoms with van der Waals surface area (Å²) < 4.78 is 0. The van der Waals surface area contributed by atoms with Crippen molar-refractivity contribution in [3.63, 3.8) is 0 Å². The zero-order valence-corrected chi connectivity index (χ0v) is 14.2. The summed E-state index contributed by atoms with van der Waals surface area (Å²) in [4.78, 5) is 28.2. The van der Waals surface area contributed by atoms with E-state index in [0.29, 0.717) is 12.2 Å². The van der Waals surface area contributed by atoms with Crippen molar-refractivity contribution in [3.05, 3.63) is 69.9 Å². The lowest BCUT2D eigenvalue weighted by Gasteiger charge is -2.02. The van der Waals surface area contributed by atoms with E-state index in [0.717, 1.165) is 22.5 Å². The van der Waals surface area contributed by atoms with Crippen LogP contribution in [-0.2, 0) is 6.54 Å². The second-order valence-corrected chi connectivity index (χ2v) is 6.25. The molecule has 7 nitrogen and oxygen atoms in total. The van der Waals surface area contributed by atoms with Gasteiger partial charge in [0.2, 0.25) is 10.0 Å². The van der Waals surface area contributed by atoms with Gasteiger partial charge >= 0.3 is 0 Å². The van der Waals surface area contributed by atoms with Crippen LogP contribution >= 0.6 is 11.3 Å². The molecule has 1 aromatic carbocycles. The maximum atomic E-state index is 12.2. The maximum absolute atomic E-state index is 12.2. The summed E-state index contributed by atoms with van der Waals surface area (Å²) in [5.41, 5.74) is 2.63. The zero-order chi connectivity index (χ0) is 17.6. The molecule has 0 atom stereocenters. The Hall–Kier alpha value is -3.13. The highest BCUT2D eigenvalue weighted by Crippen LogP contribution is 2.14. The number of anilines is 1. The van der Waals surface area contributed by atoms with Crippen molar-refractivity contribution in [1.29, 1.82) is 0 Å². The number of carbonyl (C=O) groups is 2. The Kier molecular flexibility index (Phi) is 5.10. The third kappa shape index (κ3) is 4.45. The molecular weight excluding hydrogens is 338 g/mol. The number of aromatic nitrogens is 3. The van der Waals surface area contributed by atoms with Crippen molar-refractivity contribution < 1.29 is 9.59 Å². The standard InChI is InChI=1S/C17H15N5O2S/c1-11-4-6-13(7-5-11)20-15(24)17-22-21-16(25-17)14(23)19-10-12-3-2-8-18-9-12/h2-9H,10H2,1H3,(H,19,23)(H,20,24). The van der Waals surface area contributed by atoms with E-state index in [1.54, 1.807) is 30.6 Å². The summed E-state index contributed by atoms with van der Waals surface area (Å²) >= 11 is 0.945. The minimum absolute atomic E-state index is 0.132. The van der Waals surface area contributed by atoms with E-state index < -0.39 is 5.91 Å². The lowest BCUT2D eigenvalue weighted by molar-refractivity contribution is 0.0948. The van der Waals surface area contributed by atoms with E-state index in [1.165, 1.54) is 0 Å². The lowest BCUT2D eigenvalue weighted by atomic mass is 10.2. The smallest absolute Gasteiger partial charge is 0.286 e. The highest BCUT2D eigenvalue weighted by Gasteiger charge is 2.17. The first-order valence-corrected chi connectivity index (χ1v) is 8.32. The molecule has 0 aliphatic carbocycles. The molecular formula is C17H15N5O2S. The van der Waals surface area contributed by atoms with Crippen molar-refractivity contribution >= 4 is 28.8 Å². The van der Waals surface area contributed by atoms with Gasteiger partial charge in [0.25, 0.3) is 11.8 Å². The average molecular weight is 353 g/mol. The molecule has 2 aromatic heterocycles. The van der Waals surface area contributed by atoms with E-state index in [2.05, 4.69) is 25.8 Å². The maximum Gasteiger partial charge on any atom is 0.286 e. The topological polar surface area (TPSA) is 96.9 Å². The number of amides is 2. The molecule has 0 saturated carbocycles. The number of rotatable bonds is 5. The molecule has 0 unspecified atom stereocenters. The molecule has 25 heavy (non-hydrogen) atoms. The van der Waals surface area contributed by atoms with Crippen LogP contribution in [0.5, 0.6) is 0 Å². The van der Waals surface area contributed by atoms with E-state index in [9.17, 15) is 9.59 Å². The summed E-state index contributed by atoms with van der Waals surface area (Å²) in [7, 11) is 0. The second kappa shape index (κ2) is 7.63. The van der Waals surface area contributed by atoms with E-state index in [1.807, 2.05) is 25.1 Å². The fourth-order valence-electron chi connectivity index (χ4n) is 1.99. The minimum Gasteiger partial charge on any atom is -0.346 e. The number of benzene rings is 1. The third-order valence-corrected chi connectivity index (χ3v) is 4.22. The molecule has 0 fully saturated rings. The summed E-state index contributed by atoms with van der Waals surface area (Å²) in [5, 5.41) is 13.3. The van der Waals surface area contributed by atoms with Gasteiger partial charge in [-0.15, -0.1) is 10.2 Å². The van der Waals surface area contributed by atoms with Crippen LogP contribution < -0.4 is 10.6 Å². The Morgan fingerprint density at radius 2 is 1.76 bits per heavy atom. The number of hydrogen-bond donors (Lipinski definition) is 2. The van der Waals surface area contributed by atoms with E-state index in [-0.39, 0.29) is 15.9 Å². The van der Waals surface area contributed by atoms with Gasteiger partial charge in [0.05, 0.1) is 0 Å². The van der Waals surface area contributed by atoms with Gasteiger partial charge in [-0.2, -0.15) is 0 Å². The van der Waals surface area contributed by atoms with Gasteiger partial charge in [0.15, 0.2) is 0 Å². The Labute approximate surface area is 148 Å². The molecule has 2 amide bonds. The largest absolute Gasteiger partial charge is 0.346 e. The number of pyridine rings is 1. The number of carbonyl (C=O) groups excluding carboxylic acids is 2. The summed E-state index contributed by atoms with van der Waals surface area (Å²) in [6, 6.07) is 11.0. The Morgan fingerprint density at radius 3 is 2.44 bits per heavy atom. The minimum atomic E-state index is -0.396. The number of nitrogens with zero attached hydrogens (tertiary/aromatic N) is 3. The summed E-state index contributed by atoms with van der Waals surface area (Å²) in [5.74, 6) is -0.775. The van der Waals surface area contributed by atoms with Crippen molar-refractivity contribution in [1.82, 2.24) is 20.5 Å². The SMILES string of the molecule is Cc1ccc(NC(=O)c2nnc(C(=O)NCc3cccnc3)s2)cc1. The van der Waals surface area contributed by atoms with Crippen LogP contribution in [0, 0.1) is 6.92 Å².